The fourth-order valence-corrected chi connectivity index (χ4v) is 3.49. The summed E-state index contributed by atoms with van der Waals surface area (Å²) in [5.41, 5.74) is 2.10. The van der Waals surface area contributed by atoms with Gasteiger partial charge in [-0.1, -0.05) is 12.2 Å². The Hall–Kier alpha value is -4.99. The number of rotatable bonds is 10. The van der Waals surface area contributed by atoms with Crippen LogP contribution in [0.2, 0.25) is 0 Å². The first-order valence-corrected chi connectivity index (χ1v) is 10.9. The fourth-order valence-electron chi connectivity index (χ4n) is 3.49. The van der Waals surface area contributed by atoms with E-state index in [0.29, 0.717) is 28.4 Å². The van der Waals surface area contributed by atoms with Crippen LogP contribution in [0.3, 0.4) is 0 Å². The molecule has 10 nitrogen and oxygen atoms in total. The van der Waals surface area contributed by atoms with Crippen LogP contribution in [0, 0.1) is 10.1 Å². The van der Waals surface area contributed by atoms with Gasteiger partial charge in [0.15, 0.2) is 23.0 Å². The zero-order chi connectivity index (χ0) is 26.9. The van der Waals surface area contributed by atoms with E-state index in [4.69, 9.17) is 18.9 Å². The van der Waals surface area contributed by atoms with E-state index < -0.39 is 10.8 Å². The number of phenolic OH excluding ortho intramolecular Hbond substituents is 1. The van der Waals surface area contributed by atoms with Crippen LogP contribution in [0.4, 0.5) is 11.4 Å². The molecule has 0 aliphatic rings. The van der Waals surface area contributed by atoms with Crippen LogP contribution in [-0.4, -0.2) is 44.4 Å². The maximum absolute atomic E-state index is 12.7. The van der Waals surface area contributed by atoms with E-state index in [0.717, 1.165) is 5.56 Å². The van der Waals surface area contributed by atoms with Crippen molar-refractivity contribution in [2.45, 2.75) is 0 Å². The average molecular weight is 507 g/mol. The Balaban J connectivity index is 1.90. The van der Waals surface area contributed by atoms with E-state index >= 15 is 0 Å². The standard InChI is InChI=1S/C27H26N2O8/c1-34-22-15-18(16-23(35-2)27(22)37-4)5-9-19-10-13-21(30)26(36-3)25(19)28-24(31)14-8-17-6-11-20(12-7-17)29(32)33/h5-16,30H,1-4H3,(H,28,31)/b9-5?,14-8+. The van der Waals surface area contributed by atoms with Gasteiger partial charge in [-0.05, 0) is 53.6 Å². The lowest BCUT2D eigenvalue weighted by Crippen LogP contribution is -2.10. The number of benzene rings is 3. The van der Waals surface area contributed by atoms with Crippen molar-refractivity contribution in [2.75, 3.05) is 33.8 Å². The van der Waals surface area contributed by atoms with Crippen molar-refractivity contribution in [3.8, 4) is 28.7 Å². The van der Waals surface area contributed by atoms with Gasteiger partial charge in [0.05, 0.1) is 39.0 Å². The van der Waals surface area contributed by atoms with Gasteiger partial charge in [0, 0.05) is 23.8 Å². The second-order valence-electron chi connectivity index (χ2n) is 7.55. The third-order valence-electron chi connectivity index (χ3n) is 5.29. The van der Waals surface area contributed by atoms with E-state index in [9.17, 15) is 20.0 Å². The number of nitro groups is 1. The fraction of sp³-hybridized carbons (Fsp3) is 0.148. The van der Waals surface area contributed by atoms with E-state index in [1.54, 1.807) is 30.4 Å². The first-order chi connectivity index (χ1) is 17.8. The third-order valence-corrected chi connectivity index (χ3v) is 5.29. The second kappa shape index (κ2) is 12.1. The normalized spacial score (nSPS) is 10.9. The molecule has 0 fully saturated rings. The molecule has 10 heteroatoms. The topological polar surface area (TPSA) is 129 Å². The summed E-state index contributed by atoms with van der Waals surface area (Å²) >= 11 is 0. The Kier molecular flexibility index (Phi) is 8.71. The molecule has 0 aromatic heterocycles. The van der Waals surface area contributed by atoms with Crippen LogP contribution in [0.25, 0.3) is 18.2 Å². The summed E-state index contributed by atoms with van der Waals surface area (Å²) in [6.07, 6.45) is 6.30. The van der Waals surface area contributed by atoms with Crippen molar-refractivity contribution >= 4 is 35.5 Å². The summed E-state index contributed by atoms with van der Waals surface area (Å²) in [6, 6.07) is 12.4. The number of carbonyl (C=O) groups is 1. The van der Waals surface area contributed by atoms with Gasteiger partial charge >= 0.3 is 0 Å². The number of amides is 1. The minimum atomic E-state index is -0.499. The maximum atomic E-state index is 12.7. The quantitative estimate of drug-likeness (QED) is 0.167. The molecule has 0 bridgehead atoms. The summed E-state index contributed by atoms with van der Waals surface area (Å²) in [7, 11) is 5.94. The van der Waals surface area contributed by atoms with Crippen LogP contribution in [0.1, 0.15) is 16.7 Å². The molecular formula is C27H26N2O8. The molecule has 0 saturated carbocycles. The Morgan fingerprint density at radius 3 is 2.00 bits per heavy atom. The SMILES string of the molecule is COc1cc(C=Cc2ccc(O)c(OC)c2NC(=O)/C=C/c2ccc([N+](=O)[O-])cc2)cc(OC)c1OC. The Morgan fingerprint density at radius 2 is 1.46 bits per heavy atom. The van der Waals surface area contributed by atoms with E-state index in [2.05, 4.69) is 5.32 Å². The molecule has 192 valence electrons. The largest absolute Gasteiger partial charge is 0.504 e. The highest BCUT2D eigenvalue weighted by Gasteiger charge is 2.16. The predicted octanol–water partition coefficient (Wildman–Crippen LogP) is 5.16. The lowest BCUT2D eigenvalue weighted by Gasteiger charge is -2.14. The molecule has 0 atom stereocenters. The third kappa shape index (κ3) is 6.37. The van der Waals surface area contributed by atoms with Crippen LogP contribution in [0.5, 0.6) is 28.7 Å². The number of phenols is 1. The van der Waals surface area contributed by atoms with Crippen molar-refractivity contribution in [3.63, 3.8) is 0 Å². The van der Waals surface area contributed by atoms with Gasteiger partial charge in [-0.2, -0.15) is 0 Å². The summed E-state index contributed by atoms with van der Waals surface area (Å²) in [4.78, 5) is 23.0. The number of methoxy groups -OCH3 is 4. The number of hydrogen-bond acceptors (Lipinski definition) is 8. The molecule has 0 aliphatic heterocycles. The number of anilines is 1. The van der Waals surface area contributed by atoms with Crippen LogP contribution in [-0.2, 0) is 4.79 Å². The van der Waals surface area contributed by atoms with Crippen molar-refractivity contribution in [1.29, 1.82) is 0 Å². The average Bonchev–Trinajstić information content (AvgIpc) is 2.91. The molecule has 0 radical (unpaired) electrons. The molecule has 3 aromatic carbocycles. The number of nitrogens with one attached hydrogen (secondary N) is 1. The number of carbonyl (C=O) groups excluding carboxylic acids is 1. The van der Waals surface area contributed by atoms with Gasteiger partial charge in [0.2, 0.25) is 11.7 Å². The van der Waals surface area contributed by atoms with Crippen molar-refractivity contribution in [2.24, 2.45) is 0 Å². The lowest BCUT2D eigenvalue weighted by molar-refractivity contribution is -0.384. The van der Waals surface area contributed by atoms with Gasteiger partial charge in [-0.25, -0.2) is 0 Å². The van der Waals surface area contributed by atoms with Crippen LogP contribution in [0.15, 0.2) is 54.6 Å². The van der Waals surface area contributed by atoms with Gasteiger partial charge in [0.1, 0.15) is 0 Å². The second-order valence-corrected chi connectivity index (χ2v) is 7.55. The number of nitrogens with zero attached hydrogens (tertiary/aromatic N) is 1. The predicted molar refractivity (Wildman–Crippen MR) is 140 cm³/mol. The lowest BCUT2D eigenvalue weighted by atomic mass is 10.1. The Morgan fingerprint density at radius 1 is 0.838 bits per heavy atom. The van der Waals surface area contributed by atoms with Crippen LogP contribution < -0.4 is 24.3 Å². The Bertz CT molecular complexity index is 1320. The van der Waals surface area contributed by atoms with E-state index in [1.165, 1.54) is 70.9 Å². The zero-order valence-corrected chi connectivity index (χ0v) is 20.7. The van der Waals surface area contributed by atoms with Crippen molar-refractivity contribution in [3.05, 3.63) is 81.4 Å². The van der Waals surface area contributed by atoms with Crippen molar-refractivity contribution < 1.29 is 33.8 Å². The van der Waals surface area contributed by atoms with Gasteiger partial charge in [0.25, 0.3) is 5.69 Å². The summed E-state index contributed by atoms with van der Waals surface area (Å²) < 4.78 is 21.5. The van der Waals surface area contributed by atoms with Gasteiger partial charge in [-0.15, -0.1) is 0 Å². The molecule has 0 aliphatic carbocycles. The Labute approximate surface area is 213 Å². The minimum absolute atomic E-state index is 0.0466. The highest BCUT2D eigenvalue weighted by Crippen LogP contribution is 2.40. The number of aromatic hydroxyl groups is 1. The molecular weight excluding hydrogens is 480 g/mol. The highest BCUT2D eigenvalue weighted by atomic mass is 16.6. The molecule has 0 unspecified atom stereocenters. The number of hydrogen-bond donors (Lipinski definition) is 2. The first kappa shape index (κ1) is 26.6. The van der Waals surface area contributed by atoms with E-state index in [-0.39, 0.29) is 22.9 Å². The highest BCUT2D eigenvalue weighted by molar-refractivity contribution is 6.04. The van der Waals surface area contributed by atoms with Gasteiger partial charge < -0.3 is 29.4 Å². The van der Waals surface area contributed by atoms with Crippen molar-refractivity contribution in [1.82, 2.24) is 0 Å². The molecule has 37 heavy (non-hydrogen) atoms. The zero-order valence-electron chi connectivity index (χ0n) is 20.7. The molecule has 0 saturated heterocycles. The molecule has 0 heterocycles. The maximum Gasteiger partial charge on any atom is 0.269 e. The number of ether oxygens (including phenoxy) is 4. The number of non-ortho nitro benzene ring substituents is 1. The molecule has 2 N–H and O–H groups in total. The monoisotopic (exact) mass is 506 g/mol. The van der Waals surface area contributed by atoms with E-state index in [1.807, 2.05) is 0 Å². The molecule has 1 amide bonds. The first-order valence-electron chi connectivity index (χ1n) is 10.9. The number of nitro benzene ring substituents is 1. The smallest absolute Gasteiger partial charge is 0.269 e. The molecule has 3 rings (SSSR count). The van der Waals surface area contributed by atoms with Crippen LogP contribution >= 0.6 is 0 Å². The van der Waals surface area contributed by atoms with Gasteiger partial charge in [-0.3, -0.25) is 14.9 Å². The molecule has 0 spiro atoms. The summed E-state index contributed by atoms with van der Waals surface area (Å²) in [6.45, 7) is 0. The summed E-state index contributed by atoms with van der Waals surface area (Å²) in [5.74, 6) is 0.863. The summed E-state index contributed by atoms with van der Waals surface area (Å²) in [5, 5.41) is 23.8. The molecule has 3 aromatic rings. The minimum Gasteiger partial charge on any atom is -0.504 e.